The van der Waals surface area contributed by atoms with Crippen LogP contribution in [-0.4, -0.2) is 26.1 Å². The van der Waals surface area contributed by atoms with Crippen LogP contribution in [0.15, 0.2) is 60.8 Å². The van der Waals surface area contributed by atoms with Crippen molar-refractivity contribution in [1.29, 1.82) is 0 Å². The van der Waals surface area contributed by atoms with Crippen molar-refractivity contribution in [3.8, 4) is 0 Å². The van der Waals surface area contributed by atoms with Gasteiger partial charge in [-0.05, 0) is 36.4 Å². The summed E-state index contributed by atoms with van der Waals surface area (Å²) in [5.74, 6) is 1.01. The van der Waals surface area contributed by atoms with E-state index in [1.54, 1.807) is 24.4 Å². The Hall–Kier alpha value is -3.94. The molecule has 0 aliphatic carbocycles. The third-order valence-corrected chi connectivity index (χ3v) is 3.78. The molecule has 0 atom stereocenters. The van der Waals surface area contributed by atoms with Gasteiger partial charge in [-0.15, -0.1) is 0 Å². The largest absolute Gasteiger partial charge is 0.368 e. The second-order valence-corrected chi connectivity index (χ2v) is 5.58. The van der Waals surface area contributed by atoms with Gasteiger partial charge in [0, 0.05) is 22.8 Å². The Morgan fingerprint density at radius 3 is 2.73 bits per heavy atom. The lowest BCUT2D eigenvalue weighted by Gasteiger charge is -2.06. The third kappa shape index (κ3) is 3.16. The average Bonchev–Trinajstić information content (AvgIpc) is 3.05. The van der Waals surface area contributed by atoms with E-state index in [1.807, 2.05) is 36.4 Å². The number of aromatic nitrogens is 4. The van der Waals surface area contributed by atoms with Gasteiger partial charge < -0.3 is 16.4 Å². The van der Waals surface area contributed by atoms with Gasteiger partial charge in [0.15, 0.2) is 5.82 Å². The molecule has 5 N–H and O–H groups in total. The number of amides is 1. The smallest absolute Gasteiger partial charge is 0.256 e. The maximum Gasteiger partial charge on any atom is 0.256 e. The van der Waals surface area contributed by atoms with E-state index in [2.05, 4.69) is 30.8 Å². The molecule has 2 heterocycles. The van der Waals surface area contributed by atoms with Crippen LogP contribution in [0.2, 0.25) is 0 Å². The minimum atomic E-state index is -0.221. The summed E-state index contributed by atoms with van der Waals surface area (Å²) < 4.78 is 0. The standard InChI is InChI=1S/C18H15N7O/c19-18-20-9-8-15(22-18)21-12-6-7-14-13(10-12)16(25-24-14)23-17(26)11-4-2-1-3-5-11/h1-10H,(H3,19,20,21,22)(H2,23,24,25,26). The van der Waals surface area contributed by atoms with Crippen molar-refractivity contribution in [2.24, 2.45) is 0 Å². The molecule has 0 aliphatic rings. The summed E-state index contributed by atoms with van der Waals surface area (Å²) in [5, 5.41) is 13.9. The van der Waals surface area contributed by atoms with Crippen LogP contribution in [0.4, 0.5) is 23.3 Å². The van der Waals surface area contributed by atoms with Crippen molar-refractivity contribution in [3.05, 3.63) is 66.4 Å². The molecule has 26 heavy (non-hydrogen) atoms. The normalized spacial score (nSPS) is 10.6. The Morgan fingerprint density at radius 2 is 1.92 bits per heavy atom. The van der Waals surface area contributed by atoms with Gasteiger partial charge in [0.2, 0.25) is 5.95 Å². The summed E-state index contributed by atoms with van der Waals surface area (Å²) in [6.07, 6.45) is 1.58. The van der Waals surface area contributed by atoms with Gasteiger partial charge in [-0.3, -0.25) is 9.89 Å². The first-order valence-corrected chi connectivity index (χ1v) is 7.89. The lowest BCUT2D eigenvalue weighted by atomic mass is 10.2. The van der Waals surface area contributed by atoms with Gasteiger partial charge in [-0.25, -0.2) is 4.98 Å². The van der Waals surface area contributed by atoms with Gasteiger partial charge in [-0.2, -0.15) is 10.1 Å². The van der Waals surface area contributed by atoms with E-state index in [0.717, 1.165) is 16.6 Å². The Labute approximate surface area is 148 Å². The monoisotopic (exact) mass is 345 g/mol. The minimum Gasteiger partial charge on any atom is -0.368 e. The number of H-pyrrole nitrogens is 1. The number of benzene rings is 2. The minimum absolute atomic E-state index is 0.190. The molecule has 2 aromatic heterocycles. The molecule has 8 heteroatoms. The SMILES string of the molecule is Nc1nccc(Nc2ccc3[nH]nc(NC(=O)c4ccccc4)c3c2)n1. The molecule has 0 saturated carbocycles. The van der Waals surface area contributed by atoms with Crippen LogP contribution < -0.4 is 16.4 Å². The molecule has 128 valence electrons. The second-order valence-electron chi connectivity index (χ2n) is 5.58. The summed E-state index contributed by atoms with van der Waals surface area (Å²) in [7, 11) is 0. The zero-order chi connectivity index (χ0) is 17.9. The lowest BCUT2D eigenvalue weighted by molar-refractivity contribution is 0.102. The highest BCUT2D eigenvalue weighted by atomic mass is 16.1. The molecule has 1 amide bonds. The summed E-state index contributed by atoms with van der Waals surface area (Å²) in [6.45, 7) is 0. The number of nitrogens with zero attached hydrogens (tertiary/aromatic N) is 3. The fourth-order valence-corrected chi connectivity index (χ4v) is 2.55. The van der Waals surface area contributed by atoms with Crippen LogP contribution >= 0.6 is 0 Å². The number of carbonyl (C=O) groups excluding carboxylic acids is 1. The fraction of sp³-hybridized carbons (Fsp3) is 0. The van der Waals surface area contributed by atoms with Crippen molar-refractivity contribution in [3.63, 3.8) is 0 Å². The van der Waals surface area contributed by atoms with Crippen LogP contribution in [-0.2, 0) is 0 Å². The number of hydrogen-bond acceptors (Lipinski definition) is 6. The van der Waals surface area contributed by atoms with Crippen molar-refractivity contribution < 1.29 is 4.79 Å². The lowest BCUT2D eigenvalue weighted by Crippen LogP contribution is -2.12. The second kappa shape index (κ2) is 6.52. The topological polar surface area (TPSA) is 122 Å². The van der Waals surface area contributed by atoms with E-state index >= 15 is 0 Å². The average molecular weight is 345 g/mol. The van der Waals surface area contributed by atoms with Crippen LogP contribution in [0.25, 0.3) is 10.9 Å². The molecule has 8 nitrogen and oxygen atoms in total. The number of rotatable bonds is 4. The van der Waals surface area contributed by atoms with Gasteiger partial charge in [-0.1, -0.05) is 18.2 Å². The third-order valence-electron chi connectivity index (χ3n) is 3.78. The van der Waals surface area contributed by atoms with Gasteiger partial charge in [0.25, 0.3) is 5.91 Å². The summed E-state index contributed by atoms with van der Waals surface area (Å²) in [4.78, 5) is 20.3. The molecule has 4 rings (SSSR count). The summed E-state index contributed by atoms with van der Waals surface area (Å²) >= 11 is 0. The summed E-state index contributed by atoms with van der Waals surface area (Å²) in [5.41, 5.74) is 7.75. The Balaban J connectivity index is 1.61. The fourth-order valence-electron chi connectivity index (χ4n) is 2.55. The van der Waals surface area contributed by atoms with E-state index in [9.17, 15) is 4.79 Å². The van der Waals surface area contributed by atoms with Crippen molar-refractivity contribution in [1.82, 2.24) is 20.2 Å². The molecule has 0 fully saturated rings. The Bertz CT molecular complexity index is 1080. The zero-order valence-electron chi connectivity index (χ0n) is 13.6. The number of nitrogens with one attached hydrogen (secondary N) is 3. The van der Waals surface area contributed by atoms with Gasteiger partial charge in [0.1, 0.15) is 5.82 Å². The highest BCUT2D eigenvalue weighted by molar-refractivity contribution is 6.08. The molecule has 0 radical (unpaired) electrons. The number of aromatic amines is 1. The van der Waals surface area contributed by atoms with Gasteiger partial charge >= 0.3 is 0 Å². The summed E-state index contributed by atoms with van der Waals surface area (Å²) in [6, 6.07) is 16.3. The Kier molecular flexibility index (Phi) is 3.91. The van der Waals surface area contributed by atoms with E-state index in [-0.39, 0.29) is 11.9 Å². The first-order valence-electron chi connectivity index (χ1n) is 7.89. The van der Waals surface area contributed by atoms with Gasteiger partial charge in [0.05, 0.1) is 5.52 Å². The molecular weight excluding hydrogens is 330 g/mol. The van der Waals surface area contributed by atoms with E-state index < -0.39 is 0 Å². The first kappa shape index (κ1) is 15.6. The van der Waals surface area contributed by atoms with E-state index in [0.29, 0.717) is 17.2 Å². The first-order chi connectivity index (χ1) is 12.7. The van der Waals surface area contributed by atoms with Crippen molar-refractivity contribution in [2.45, 2.75) is 0 Å². The number of hydrogen-bond donors (Lipinski definition) is 4. The Morgan fingerprint density at radius 1 is 1.08 bits per heavy atom. The van der Waals surface area contributed by atoms with E-state index in [4.69, 9.17) is 5.73 Å². The number of nitrogen functional groups attached to an aromatic ring is 1. The number of fused-ring (bicyclic) bond motifs is 1. The van der Waals surface area contributed by atoms with Crippen LogP contribution in [0, 0.1) is 0 Å². The molecule has 0 aliphatic heterocycles. The molecule has 0 spiro atoms. The van der Waals surface area contributed by atoms with Crippen molar-refractivity contribution >= 4 is 40.1 Å². The predicted octanol–water partition coefficient (Wildman–Crippen LogP) is 2.93. The maximum absolute atomic E-state index is 12.4. The van der Waals surface area contributed by atoms with E-state index in [1.165, 1.54) is 0 Å². The number of anilines is 4. The highest BCUT2D eigenvalue weighted by Gasteiger charge is 2.11. The number of carbonyl (C=O) groups is 1. The number of nitrogens with two attached hydrogens (primary N) is 1. The maximum atomic E-state index is 12.4. The highest BCUT2D eigenvalue weighted by Crippen LogP contribution is 2.26. The van der Waals surface area contributed by atoms with Crippen LogP contribution in [0.5, 0.6) is 0 Å². The molecular formula is C18H15N7O. The van der Waals surface area contributed by atoms with Crippen molar-refractivity contribution in [2.75, 3.05) is 16.4 Å². The van der Waals surface area contributed by atoms with Crippen LogP contribution in [0.1, 0.15) is 10.4 Å². The van der Waals surface area contributed by atoms with Crippen LogP contribution in [0.3, 0.4) is 0 Å². The quantitative estimate of drug-likeness (QED) is 0.451. The molecule has 2 aromatic carbocycles. The predicted molar refractivity (Wildman–Crippen MR) is 100 cm³/mol. The molecule has 0 saturated heterocycles. The molecule has 4 aromatic rings. The zero-order valence-corrected chi connectivity index (χ0v) is 13.6. The molecule has 0 unspecified atom stereocenters. The molecule has 0 bridgehead atoms.